The molecule has 1 heterocycles. The average Bonchev–Trinajstić information content (AvgIpc) is 3.04. The second kappa shape index (κ2) is 10.9. The standard InChI is InChI=1S/C25H29BrN2O5/c1-5-33-18-9-6-8-16(14-18)22-21(23(29)17-10-11-20(32-4)19(26)15-17)24(30)25(31)28(22)13-7-12-27(2)3/h6,8-11,14-15,22,29H,5,7,12-13H2,1-4H3/b23-21+. The number of nitrogens with zero attached hydrogens (tertiary/aromatic N) is 2. The van der Waals surface area contributed by atoms with Crippen LogP contribution in [0.2, 0.25) is 0 Å². The van der Waals surface area contributed by atoms with Gasteiger partial charge in [0.15, 0.2) is 0 Å². The van der Waals surface area contributed by atoms with E-state index in [2.05, 4.69) is 15.9 Å². The lowest BCUT2D eigenvalue weighted by molar-refractivity contribution is -0.139. The van der Waals surface area contributed by atoms with Crippen LogP contribution in [0.1, 0.15) is 30.5 Å². The summed E-state index contributed by atoms with van der Waals surface area (Å²) in [7, 11) is 5.46. The number of methoxy groups -OCH3 is 1. The molecule has 1 unspecified atom stereocenters. The Morgan fingerprint density at radius 1 is 1.18 bits per heavy atom. The molecule has 1 amide bonds. The van der Waals surface area contributed by atoms with Crippen LogP contribution in [-0.4, -0.2) is 67.5 Å². The van der Waals surface area contributed by atoms with Gasteiger partial charge in [0.1, 0.15) is 17.3 Å². The number of hydrogen-bond donors (Lipinski definition) is 1. The molecule has 2 aromatic carbocycles. The van der Waals surface area contributed by atoms with Crippen molar-refractivity contribution in [3.05, 3.63) is 63.6 Å². The third kappa shape index (κ3) is 5.39. The van der Waals surface area contributed by atoms with E-state index in [1.807, 2.05) is 50.2 Å². The van der Waals surface area contributed by atoms with Crippen LogP contribution in [-0.2, 0) is 9.59 Å². The Hall–Kier alpha value is -2.84. The number of rotatable bonds is 9. The molecule has 1 aliphatic heterocycles. The van der Waals surface area contributed by atoms with Crippen molar-refractivity contribution < 1.29 is 24.2 Å². The van der Waals surface area contributed by atoms with Crippen molar-refractivity contribution in [3.8, 4) is 11.5 Å². The summed E-state index contributed by atoms with van der Waals surface area (Å²) in [5.41, 5.74) is 1.19. The number of hydrogen-bond acceptors (Lipinski definition) is 6. The fourth-order valence-corrected chi connectivity index (χ4v) is 4.47. The minimum absolute atomic E-state index is 0.0653. The molecule has 2 aromatic rings. The molecule has 1 saturated heterocycles. The molecular formula is C25H29BrN2O5. The molecule has 1 fully saturated rings. The van der Waals surface area contributed by atoms with E-state index in [0.29, 0.717) is 46.7 Å². The molecule has 0 radical (unpaired) electrons. The quantitative estimate of drug-likeness (QED) is 0.305. The molecule has 0 aliphatic carbocycles. The zero-order valence-corrected chi connectivity index (χ0v) is 20.9. The maximum Gasteiger partial charge on any atom is 0.295 e. The Balaban J connectivity index is 2.12. The van der Waals surface area contributed by atoms with Gasteiger partial charge in [-0.2, -0.15) is 0 Å². The van der Waals surface area contributed by atoms with Crippen LogP contribution in [0.25, 0.3) is 5.76 Å². The molecule has 1 aliphatic rings. The zero-order chi connectivity index (χ0) is 24.1. The average molecular weight is 517 g/mol. The molecule has 7 nitrogen and oxygen atoms in total. The van der Waals surface area contributed by atoms with Gasteiger partial charge in [0.05, 0.1) is 29.8 Å². The van der Waals surface area contributed by atoms with Gasteiger partial charge in [-0.25, -0.2) is 0 Å². The highest BCUT2D eigenvalue weighted by molar-refractivity contribution is 9.10. The van der Waals surface area contributed by atoms with Crippen molar-refractivity contribution in [2.45, 2.75) is 19.4 Å². The summed E-state index contributed by atoms with van der Waals surface area (Å²) in [6.07, 6.45) is 0.690. The largest absolute Gasteiger partial charge is 0.507 e. The van der Waals surface area contributed by atoms with Gasteiger partial charge in [-0.1, -0.05) is 12.1 Å². The molecule has 0 saturated carbocycles. The molecule has 0 bridgehead atoms. The Bertz CT molecular complexity index is 1070. The number of amides is 1. The highest BCUT2D eigenvalue weighted by Gasteiger charge is 2.45. The topological polar surface area (TPSA) is 79.3 Å². The van der Waals surface area contributed by atoms with Crippen LogP contribution < -0.4 is 9.47 Å². The van der Waals surface area contributed by atoms with Crippen LogP contribution in [0, 0.1) is 0 Å². The first kappa shape index (κ1) is 24.8. The van der Waals surface area contributed by atoms with Gasteiger partial charge in [0.2, 0.25) is 0 Å². The number of benzene rings is 2. The van der Waals surface area contributed by atoms with E-state index in [0.717, 1.165) is 6.54 Å². The van der Waals surface area contributed by atoms with Crippen LogP contribution in [0.4, 0.5) is 0 Å². The molecule has 8 heteroatoms. The molecule has 0 spiro atoms. The summed E-state index contributed by atoms with van der Waals surface area (Å²) in [4.78, 5) is 29.8. The molecule has 176 valence electrons. The molecular weight excluding hydrogens is 488 g/mol. The van der Waals surface area contributed by atoms with E-state index in [4.69, 9.17) is 9.47 Å². The number of carbonyl (C=O) groups is 2. The number of likely N-dealkylation sites (tertiary alicyclic amines) is 1. The van der Waals surface area contributed by atoms with E-state index >= 15 is 0 Å². The number of carbonyl (C=O) groups excluding carboxylic acids is 2. The van der Waals surface area contributed by atoms with Crippen LogP contribution in [0.3, 0.4) is 0 Å². The Morgan fingerprint density at radius 3 is 2.58 bits per heavy atom. The maximum atomic E-state index is 13.1. The predicted molar refractivity (Wildman–Crippen MR) is 130 cm³/mol. The predicted octanol–water partition coefficient (Wildman–Crippen LogP) is 4.23. The van der Waals surface area contributed by atoms with Crippen molar-refractivity contribution in [1.29, 1.82) is 0 Å². The maximum absolute atomic E-state index is 13.1. The van der Waals surface area contributed by atoms with Crippen molar-refractivity contribution in [1.82, 2.24) is 9.80 Å². The molecule has 1 N–H and O–H groups in total. The van der Waals surface area contributed by atoms with Gasteiger partial charge < -0.3 is 24.4 Å². The Kier molecular flexibility index (Phi) is 8.15. The first-order chi connectivity index (χ1) is 15.8. The normalized spacial score (nSPS) is 17.6. The molecule has 1 atom stereocenters. The summed E-state index contributed by atoms with van der Waals surface area (Å²) in [6.45, 7) is 3.53. The SMILES string of the molecule is CCOc1cccc(C2/C(=C(\O)c3ccc(OC)c(Br)c3)C(=O)C(=O)N2CCCN(C)C)c1. The van der Waals surface area contributed by atoms with Gasteiger partial charge in [-0.3, -0.25) is 9.59 Å². The van der Waals surface area contributed by atoms with Crippen molar-refractivity contribution in [2.75, 3.05) is 40.9 Å². The Morgan fingerprint density at radius 2 is 1.94 bits per heavy atom. The fourth-order valence-electron chi connectivity index (χ4n) is 3.92. The third-order valence-electron chi connectivity index (χ3n) is 5.45. The Labute approximate surface area is 202 Å². The summed E-state index contributed by atoms with van der Waals surface area (Å²) in [5.74, 6) is -0.304. The van der Waals surface area contributed by atoms with Crippen molar-refractivity contribution in [3.63, 3.8) is 0 Å². The minimum Gasteiger partial charge on any atom is -0.507 e. The van der Waals surface area contributed by atoms with Gasteiger partial charge >= 0.3 is 0 Å². The fraction of sp³-hybridized carbons (Fsp3) is 0.360. The summed E-state index contributed by atoms with van der Waals surface area (Å²) in [5, 5.41) is 11.2. The van der Waals surface area contributed by atoms with E-state index in [-0.39, 0.29) is 11.3 Å². The summed E-state index contributed by atoms with van der Waals surface area (Å²) < 4.78 is 11.5. The number of Topliss-reactive ketones (excluding diaryl/α,β-unsaturated/α-hetero) is 1. The van der Waals surface area contributed by atoms with Crippen LogP contribution in [0.15, 0.2) is 52.5 Å². The lowest BCUT2D eigenvalue weighted by Crippen LogP contribution is -2.32. The van der Waals surface area contributed by atoms with Gasteiger partial charge in [0, 0.05) is 12.1 Å². The van der Waals surface area contributed by atoms with Crippen LogP contribution >= 0.6 is 15.9 Å². The minimum atomic E-state index is -0.714. The van der Waals surface area contributed by atoms with Gasteiger partial charge in [-0.05, 0) is 85.8 Å². The van der Waals surface area contributed by atoms with Gasteiger partial charge in [0.25, 0.3) is 11.7 Å². The molecule has 0 aromatic heterocycles. The number of aliphatic hydroxyl groups excluding tert-OH is 1. The number of ether oxygens (including phenoxy) is 2. The lowest BCUT2D eigenvalue weighted by Gasteiger charge is -2.26. The first-order valence-corrected chi connectivity index (χ1v) is 11.6. The summed E-state index contributed by atoms with van der Waals surface area (Å²) >= 11 is 3.42. The number of ketones is 1. The zero-order valence-electron chi connectivity index (χ0n) is 19.3. The monoisotopic (exact) mass is 516 g/mol. The number of aliphatic hydroxyl groups is 1. The second-order valence-corrected chi connectivity index (χ2v) is 8.86. The van der Waals surface area contributed by atoms with Crippen molar-refractivity contribution in [2.24, 2.45) is 0 Å². The summed E-state index contributed by atoms with van der Waals surface area (Å²) in [6, 6.07) is 11.6. The van der Waals surface area contributed by atoms with E-state index < -0.39 is 17.7 Å². The highest BCUT2D eigenvalue weighted by Crippen LogP contribution is 2.41. The molecule has 3 rings (SSSR count). The van der Waals surface area contributed by atoms with Gasteiger partial charge in [-0.15, -0.1) is 0 Å². The van der Waals surface area contributed by atoms with E-state index in [1.54, 1.807) is 30.2 Å². The smallest absolute Gasteiger partial charge is 0.295 e. The van der Waals surface area contributed by atoms with E-state index in [9.17, 15) is 14.7 Å². The molecule has 33 heavy (non-hydrogen) atoms. The first-order valence-electron chi connectivity index (χ1n) is 10.8. The second-order valence-electron chi connectivity index (χ2n) is 8.00. The van der Waals surface area contributed by atoms with Crippen molar-refractivity contribution >= 4 is 33.4 Å². The lowest BCUT2D eigenvalue weighted by atomic mass is 9.95. The number of halogens is 1. The highest BCUT2D eigenvalue weighted by atomic mass is 79.9. The third-order valence-corrected chi connectivity index (χ3v) is 6.07. The van der Waals surface area contributed by atoms with Crippen LogP contribution in [0.5, 0.6) is 11.5 Å². The van der Waals surface area contributed by atoms with E-state index in [1.165, 1.54) is 0 Å².